The molecule has 0 spiro atoms. The Morgan fingerprint density at radius 2 is 2.14 bits per heavy atom. The Bertz CT molecular complexity index is 663. The van der Waals surface area contributed by atoms with Gasteiger partial charge in [-0.05, 0) is 30.7 Å². The van der Waals surface area contributed by atoms with E-state index in [-0.39, 0.29) is 5.91 Å². The lowest BCUT2D eigenvalue weighted by molar-refractivity contribution is -0.116. The molecule has 0 atom stereocenters. The minimum Gasteiger partial charge on any atom is -0.497 e. The highest BCUT2D eigenvalue weighted by atomic mass is 35.5. The number of benzene rings is 1. The summed E-state index contributed by atoms with van der Waals surface area (Å²) in [5.41, 5.74) is 1.72. The SMILES string of the molecule is CCn1ncc(Cl)c1CNC(=O)/C=C/c1ccc(OC)cc1. The zero-order valence-corrected chi connectivity index (χ0v) is 13.3. The Kier molecular flexibility index (Phi) is 5.61. The lowest BCUT2D eigenvalue weighted by Gasteiger charge is -2.06. The van der Waals surface area contributed by atoms with Crippen LogP contribution < -0.4 is 10.1 Å². The quantitative estimate of drug-likeness (QED) is 0.833. The number of aromatic nitrogens is 2. The molecule has 0 bridgehead atoms. The number of amides is 1. The maximum atomic E-state index is 11.9. The first-order valence-corrected chi connectivity index (χ1v) is 7.32. The van der Waals surface area contributed by atoms with E-state index in [0.29, 0.717) is 18.1 Å². The Morgan fingerprint density at radius 3 is 2.77 bits per heavy atom. The Labute approximate surface area is 134 Å². The number of rotatable bonds is 6. The summed E-state index contributed by atoms with van der Waals surface area (Å²) in [6.45, 7) is 3.02. The summed E-state index contributed by atoms with van der Waals surface area (Å²) >= 11 is 6.04. The molecular formula is C16H18ClN3O2. The highest BCUT2D eigenvalue weighted by molar-refractivity contribution is 6.31. The number of carbonyl (C=O) groups is 1. The van der Waals surface area contributed by atoms with Gasteiger partial charge in [0.1, 0.15) is 5.75 Å². The number of nitrogens with one attached hydrogen (secondary N) is 1. The fourth-order valence-corrected chi connectivity index (χ4v) is 2.16. The lowest BCUT2D eigenvalue weighted by Crippen LogP contribution is -2.22. The summed E-state index contributed by atoms with van der Waals surface area (Å²) < 4.78 is 6.84. The number of aryl methyl sites for hydroxylation is 1. The summed E-state index contributed by atoms with van der Waals surface area (Å²) in [6.07, 6.45) is 4.82. The van der Waals surface area contributed by atoms with Crippen LogP contribution in [-0.4, -0.2) is 22.8 Å². The largest absolute Gasteiger partial charge is 0.497 e. The van der Waals surface area contributed by atoms with Crippen LogP contribution in [-0.2, 0) is 17.9 Å². The maximum absolute atomic E-state index is 11.9. The van der Waals surface area contributed by atoms with Crippen molar-refractivity contribution in [1.29, 1.82) is 0 Å². The fraction of sp³-hybridized carbons (Fsp3) is 0.250. The molecule has 1 amide bonds. The van der Waals surface area contributed by atoms with Gasteiger partial charge < -0.3 is 10.1 Å². The average molecular weight is 320 g/mol. The lowest BCUT2D eigenvalue weighted by atomic mass is 10.2. The van der Waals surface area contributed by atoms with Gasteiger partial charge in [0, 0.05) is 12.6 Å². The number of nitrogens with zero attached hydrogens (tertiary/aromatic N) is 2. The van der Waals surface area contributed by atoms with Crippen LogP contribution in [0.2, 0.25) is 5.02 Å². The molecule has 0 fully saturated rings. The molecule has 5 nitrogen and oxygen atoms in total. The number of methoxy groups -OCH3 is 1. The third kappa shape index (κ3) is 4.11. The average Bonchev–Trinajstić information content (AvgIpc) is 2.91. The van der Waals surface area contributed by atoms with Crippen LogP contribution in [0.15, 0.2) is 36.5 Å². The Hall–Kier alpha value is -2.27. The Morgan fingerprint density at radius 1 is 1.41 bits per heavy atom. The van der Waals surface area contributed by atoms with Crippen LogP contribution in [0, 0.1) is 0 Å². The van der Waals surface area contributed by atoms with E-state index in [2.05, 4.69) is 10.4 Å². The van der Waals surface area contributed by atoms with E-state index in [1.165, 1.54) is 6.08 Å². The molecule has 22 heavy (non-hydrogen) atoms. The van der Waals surface area contributed by atoms with Crippen molar-refractivity contribution >= 4 is 23.6 Å². The van der Waals surface area contributed by atoms with Gasteiger partial charge in [0.2, 0.25) is 5.91 Å². The zero-order chi connectivity index (χ0) is 15.9. The van der Waals surface area contributed by atoms with Crippen LogP contribution in [0.1, 0.15) is 18.2 Å². The number of halogens is 1. The van der Waals surface area contributed by atoms with Gasteiger partial charge in [-0.15, -0.1) is 0 Å². The molecule has 1 N–H and O–H groups in total. The first-order chi connectivity index (χ1) is 10.6. The van der Waals surface area contributed by atoms with Crippen molar-refractivity contribution in [2.45, 2.75) is 20.0 Å². The molecule has 0 aliphatic rings. The smallest absolute Gasteiger partial charge is 0.244 e. The fourth-order valence-electron chi connectivity index (χ4n) is 1.95. The summed E-state index contributed by atoms with van der Waals surface area (Å²) in [4.78, 5) is 11.9. The van der Waals surface area contributed by atoms with Crippen LogP contribution in [0.4, 0.5) is 0 Å². The first kappa shape index (κ1) is 16.1. The van der Waals surface area contributed by atoms with E-state index in [9.17, 15) is 4.79 Å². The van der Waals surface area contributed by atoms with Crippen molar-refractivity contribution in [3.8, 4) is 5.75 Å². The van der Waals surface area contributed by atoms with E-state index in [0.717, 1.165) is 17.0 Å². The summed E-state index contributed by atoms with van der Waals surface area (Å²) in [5.74, 6) is 0.597. The van der Waals surface area contributed by atoms with Crippen molar-refractivity contribution < 1.29 is 9.53 Å². The number of carbonyl (C=O) groups excluding carboxylic acids is 1. The maximum Gasteiger partial charge on any atom is 0.244 e. The standard InChI is InChI=1S/C16H18ClN3O2/c1-3-20-15(14(17)10-19-20)11-18-16(21)9-6-12-4-7-13(22-2)8-5-12/h4-10H,3,11H2,1-2H3,(H,18,21)/b9-6+. The molecular weight excluding hydrogens is 302 g/mol. The van der Waals surface area contributed by atoms with Gasteiger partial charge in [-0.2, -0.15) is 5.10 Å². The topological polar surface area (TPSA) is 56.2 Å². The van der Waals surface area contributed by atoms with Crippen molar-refractivity contribution in [1.82, 2.24) is 15.1 Å². The summed E-state index contributed by atoms with van der Waals surface area (Å²) in [7, 11) is 1.62. The van der Waals surface area contributed by atoms with E-state index in [1.807, 2.05) is 31.2 Å². The molecule has 1 aromatic heterocycles. The van der Waals surface area contributed by atoms with E-state index in [4.69, 9.17) is 16.3 Å². The molecule has 1 heterocycles. The van der Waals surface area contributed by atoms with Crippen LogP contribution in [0.5, 0.6) is 5.75 Å². The molecule has 0 aliphatic heterocycles. The van der Waals surface area contributed by atoms with Gasteiger partial charge in [0.05, 0.1) is 30.6 Å². The Balaban J connectivity index is 1.92. The highest BCUT2D eigenvalue weighted by Gasteiger charge is 2.08. The van der Waals surface area contributed by atoms with Gasteiger partial charge in [-0.25, -0.2) is 0 Å². The molecule has 1 aromatic carbocycles. The highest BCUT2D eigenvalue weighted by Crippen LogP contribution is 2.15. The predicted octanol–water partition coefficient (Wildman–Crippen LogP) is 2.89. The van der Waals surface area contributed by atoms with Crippen LogP contribution in [0.3, 0.4) is 0 Å². The van der Waals surface area contributed by atoms with Gasteiger partial charge in [0.25, 0.3) is 0 Å². The predicted molar refractivity (Wildman–Crippen MR) is 86.8 cm³/mol. The number of hydrogen-bond acceptors (Lipinski definition) is 3. The molecule has 6 heteroatoms. The van der Waals surface area contributed by atoms with E-state index < -0.39 is 0 Å². The molecule has 0 unspecified atom stereocenters. The monoisotopic (exact) mass is 319 g/mol. The molecule has 2 rings (SSSR count). The second kappa shape index (κ2) is 7.66. The molecule has 2 aromatic rings. The van der Waals surface area contributed by atoms with Crippen molar-refractivity contribution in [2.75, 3.05) is 7.11 Å². The van der Waals surface area contributed by atoms with Crippen molar-refractivity contribution in [3.63, 3.8) is 0 Å². The van der Waals surface area contributed by atoms with Gasteiger partial charge in [0.15, 0.2) is 0 Å². The molecule has 0 saturated heterocycles. The normalized spacial score (nSPS) is 10.9. The van der Waals surface area contributed by atoms with E-state index in [1.54, 1.807) is 24.1 Å². The van der Waals surface area contributed by atoms with Gasteiger partial charge in [-0.3, -0.25) is 9.48 Å². The zero-order valence-electron chi connectivity index (χ0n) is 12.5. The van der Waals surface area contributed by atoms with Crippen LogP contribution in [0.25, 0.3) is 6.08 Å². The van der Waals surface area contributed by atoms with Gasteiger partial charge >= 0.3 is 0 Å². The number of ether oxygens (including phenoxy) is 1. The minimum absolute atomic E-state index is 0.185. The second-order valence-corrected chi connectivity index (χ2v) is 4.99. The van der Waals surface area contributed by atoms with Crippen LogP contribution >= 0.6 is 11.6 Å². The minimum atomic E-state index is -0.185. The summed E-state index contributed by atoms with van der Waals surface area (Å²) in [6, 6.07) is 7.45. The first-order valence-electron chi connectivity index (χ1n) is 6.94. The third-order valence-corrected chi connectivity index (χ3v) is 3.49. The van der Waals surface area contributed by atoms with Gasteiger partial charge in [-0.1, -0.05) is 23.7 Å². The molecule has 116 valence electrons. The molecule has 0 saturated carbocycles. The van der Waals surface area contributed by atoms with E-state index >= 15 is 0 Å². The van der Waals surface area contributed by atoms with Crippen molar-refractivity contribution in [3.05, 3.63) is 52.8 Å². The second-order valence-electron chi connectivity index (χ2n) is 4.58. The molecule has 0 aliphatic carbocycles. The van der Waals surface area contributed by atoms with Crippen molar-refractivity contribution in [2.24, 2.45) is 0 Å². The number of hydrogen-bond donors (Lipinski definition) is 1. The third-order valence-electron chi connectivity index (χ3n) is 3.17. The summed E-state index contributed by atoms with van der Waals surface area (Å²) in [5, 5.41) is 7.48. The molecule has 0 radical (unpaired) electrons.